The number of carbonyl (C=O) groups excluding carboxylic acids is 2. The van der Waals surface area contributed by atoms with E-state index in [-0.39, 0.29) is 30.2 Å². The largest absolute Gasteiger partial charge is 0.497 e. The molecule has 3 rings (SSSR count). The van der Waals surface area contributed by atoms with E-state index in [1.807, 2.05) is 0 Å². The van der Waals surface area contributed by atoms with E-state index in [1.54, 1.807) is 38.3 Å². The van der Waals surface area contributed by atoms with Crippen LogP contribution in [-0.4, -0.2) is 41.7 Å². The Bertz CT molecular complexity index is 1180. The minimum Gasteiger partial charge on any atom is -0.497 e. The zero-order valence-corrected chi connectivity index (χ0v) is 17.6. The van der Waals surface area contributed by atoms with Gasteiger partial charge < -0.3 is 18.8 Å². The van der Waals surface area contributed by atoms with Crippen LogP contribution in [0.3, 0.4) is 0 Å². The second-order valence-corrected chi connectivity index (χ2v) is 7.16. The second kappa shape index (κ2) is 9.85. The third-order valence-electron chi connectivity index (χ3n) is 4.11. The van der Waals surface area contributed by atoms with Gasteiger partial charge >= 0.3 is 5.97 Å². The molecule has 0 atom stereocenters. The molecule has 0 aliphatic carbocycles. The van der Waals surface area contributed by atoms with Gasteiger partial charge in [0, 0.05) is 12.1 Å². The van der Waals surface area contributed by atoms with Crippen molar-refractivity contribution in [2.45, 2.75) is 13.5 Å². The molecule has 0 saturated carbocycles. The van der Waals surface area contributed by atoms with Crippen LogP contribution in [0.2, 0.25) is 0 Å². The van der Waals surface area contributed by atoms with Crippen molar-refractivity contribution >= 4 is 39.1 Å². The molecule has 1 amide bonds. The summed E-state index contributed by atoms with van der Waals surface area (Å²) in [6.07, 6.45) is 0. The third kappa shape index (κ3) is 5.45. The van der Waals surface area contributed by atoms with Crippen LogP contribution in [-0.2, 0) is 20.9 Å². The molecule has 1 aromatic heterocycles. The SMILES string of the molecule is CCOC(=O)Cn1c(=NC(=O)COc2ccc(OC)cc2)sc2cc([N+](=O)[O-])ccc21. The van der Waals surface area contributed by atoms with Crippen molar-refractivity contribution < 1.29 is 28.7 Å². The van der Waals surface area contributed by atoms with E-state index in [9.17, 15) is 19.7 Å². The number of nitrogens with zero attached hydrogens (tertiary/aromatic N) is 3. The maximum Gasteiger partial charge on any atom is 0.326 e. The van der Waals surface area contributed by atoms with Gasteiger partial charge in [0.15, 0.2) is 11.4 Å². The number of esters is 1. The maximum absolute atomic E-state index is 12.4. The highest BCUT2D eigenvalue weighted by atomic mass is 32.1. The summed E-state index contributed by atoms with van der Waals surface area (Å²) in [5.74, 6) is 0.0388. The number of amides is 1. The first-order valence-corrected chi connectivity index (χ1v) is 10.0. The lowest BCUT2D eigenvalue weighted by Crippen LogP contribution is -2.24. The molecule has 0 N–H and O–H groups in total. The van der Waals surface area contributed by atoms with Crippen LogP contribution < -0.4 is 14.3 Å². The van der Waals surface area contributed by atoms with E-state index in [0.29, 0.717) is 21.7 Å². The van der Waals surface area contributed by atoms with Crippen molar-refractivity contribution in [2.24, 2.45) is 4.99 Å². The van der Waals surface area contributed by atoms with E-state index < -0.39 is 16.8 Å². The molecule has 0 bridgehead atoms. The van der Waals surface area contributed by atoms with Gasteiger partial charge in [0.05, 0.1) is 28.9 Å². The summed E-state index contributed by atoms with van der Waals surface area (Å²) in [5.41, 5.74) is 0.434. The molecule has 162 valence electrons. The lowest BCUT2D eigenvalue weighted by Gasteiger charge is -2.06. The Morgan fingerprint density at radius 1 is 1.16 bits per heavy atom. The van der Waals surface area contributed by atoms with Crippen LogP contribution in [0, 0.1) is 10.1 Å². The van der Waals surface area contributed by atoms with Crippen LogP contribution in [0.15, 0.2) is 47.5 Å². The predicted octanol–water partition coefficient (Wildman–Crippen LogP) is 2.69. The van der Waals surface area contributed by atoms with Crippen LogP contribution in [0.4, 0.5) is 5.69 Å². The Morgan fingerprint density at radius 2 is 1.87 bits per heavy atom. The average molecular weight is 445 g/mol. The van der Waals surface area contributed by atoms with Crippen molar-refractivity contribution in [3.05, 3.63) is 57.4 Å². The van der Waals surface area contributed by atoms with E-state index >= 15 is 0 Å². The highest BCUT2D eigenvalue weighted by molar-refractivity contribution is 7.16. The number of methoxy groups -OCH3 is 1. The van der Waals surface area contributed by atoms with E-state index in [4.69, 9.17) is 14.2 Å². The molecule has 0 saturated heterocycles. The topological polar surface area (TPSA) is 122 Å². The molecule has 0 spiro atoms. The fourth-order valence-electron chi connectivity index (χ4n) is 2.71. The van der Waals surface area contributed by atoms with Crippen LogP contribution >= 0.6 is 11.3 Å². The van der Waals surface area contributed by atoms with Crippen LogP contribution in [0.5, 0.6) is 11.5 Å². The molecular formula is C20H19N3O7S. The van der Waals surface area contributed by atoms with Gasteiger partial charge in [0.1, 0.15) is 18.0 Å². The van der Waals surface area contributed by atoms with E-state index in [0.717, 1.165) is 11.3 Å². The summed E-state index contributed by atoms with van der Waals surface area (Å²) in [6.45, 7) is 1.38. The molecule has 10 nitrogen and oxygen atoms in total. The average Bonchev–Trinajstić information content (AvgIpc) is 3.08. The molecule has 31 heavy (non-hydrogen) atoms. The molecule has 0 fully saturated rings. The molecule has 0 aliphatic rings. The molecule has 0 aliphatic heterocycles. The number of benzene rings is 2. The molecule has 2 aromatic carbocycles. The van der Waals surface area contributed by atoms with Gasteiger partial charge in [0.2, 0.25) is 0 Å². The van der Waals surface area contributed by atoms with Crippen LogP contribution in [0.1, 0.15) is 6.92 Å². The fourth-order valence-corrected chi connectivity index (χ4v) is 3.79. The third-order valence-corrected chi connectivity index (χ3v) is 5.15. The van der Waals surface area contributed by atoms with Crippen molar-refractivity contribution in [1.29, 1.82) is 0 Å². The first kappa shape index (κ1) is 22.0. The summed E-state index contributed by atoms with van der Waals surface area (Å²) in [4.78, 5) is 39.2. The zero-order valence-electron chi connectivity index (χ0n) is 16.8. The Hall–Kier alpha value is -3.73. The Labute approximate surface area is 180 Å². The summed E-state index contributed by atoms with van der Waals surface area (Å²) in [7, 11) is 1.55. The number of thiazole rings is 1. The van der Waals surface area contributed by atoms with Crippen molar-refractivity contribution in [2.75, 3.05) is 20.3 Å². The normalized spacial score (nSPS) is 11.4. The molecule has 11 heteroatoms. The lowest BCUT2D eigenvalue weighted by molar-refractivity contribution is -0.384. The van der Waals surface area contributed by atoms with Gasteiger partial charge in [-0.1, -0.05) is 11.3 Å². The summed E-state index contributed by atoms with van der Waals surface area (Å²) in [6, 6.07) is 10.9. The predicted molar refractivity (Wildman–Crippen MR) is 112 cm³/mol. The Morgan fingerprint density at radius 3 is 2.52 bits per heavy atom. The van der Waals surface area contributed by atoms with Gasteiger partial charge in [-0.2, -0.15) is 4.99 Å². The number of hydrogen-bond acceptors (Lipinski definition) is 8. The molecule has 0 unspecified atom stereocenters. The van der Waals surface area contributed by atoms with Gasteiger partial charge in [-0.15, -0.1) is 0 Å². The minimum atomic E-state index is -0.575. The number of aromatic nitrogens is 1. The van der Waals surface area contributed by atoms with Crippen molar-refractivity contribution in [1.82, 2.24) is 4.57 Å². The van der Waals surface area contributed by atoms with Gasteiger partial charge in [0.25, 0.3) is 11.6 Å². The zero-order chi connectivity index (χ0) is 22.4. The molecular weight excluding hydrogens is 426 g/mol. The lowest BCUT2D eigenvalue weighted by atomic mass is 10.3. The Balaban J connectivity index is 1.89. The monoisotopic (exact) mass is 445 g/mol. The quantitative estimate of drug-likeness (QED) is 0.297. The first-order valence-electron chi connectivity index (χ1n) is 9.19. The number of rotatable bonds is 8. The highest BCUT2D eigenvalue weighted by Gasteiger charge is 2.15. The molecule has 0 radical (unpaired) electrons. The minimum absolute atomic E-state index is 0.0993. The summed E-state index contributed by atoms with van der Waals surface area (Å²) < 4.78 is 17.5. The number of fused-ring (bicyclic) bond motifs is 1. The first-order chi connectivity index (χ1) is 14.9. The maximum atomic E-state index is 12.4. The highest BCUT2D eigenvalue weighted by Crippen LogP contribution is 2.23. The van der Waals surface area contributed by atoms with Gasteiger partial charge in [-0.05, 0) is 37.3 Å². The summed E-state index contributed by atoms with van der Waals surface area (Å²) in [5, 5.41) is 11.1. The number of hydrogen-bond donors (Lipinski definition) is 0. The number of ether oxygens (including phenoxy) is 3. The van der Waals surface area contributed by atoms with Crippen molar-refractivity contribution in [3.8, 4) is 11.5 Å². The van der Waals surface area contributed by atoms with Gasteiger partial charge in [-0.3, -0.25) is 19.7 Å². The second-order valence-electron chi connectivity index (χ2n) is 6.15. The molecule has 3 aromatic rings. The van der Waals surface area contributed by atoms with Crippen molar-refractivity contribution in [3.63, 3.8) is 0 Å². The smallest absolute Gasteiger partial charge is 0.326 e. The number of nitro benzene ring substituents is 1. The van der Waals surface area contributed by atoms with E-state index in [1.165, 1.54) is 22.8 Å². The number of non-ortho nitro benzene ring substituents is 1. The van der Waals surface area contributed by atoms with Crippen LogP contribution in [0.25, 0.3) is 10.2 Å². The van der Waals surface area contributed by atoms with E-state index in [2.05, 4.69) is 4.99 Å². The summed E-state index contributed by atoms with van der Waals surface area (Å²) >= 11 is 1.06. The number of nitro groups is 1. The fraction of sp³-hybridized carbons (Fsp3) is 0.250. The standard InChI is InChI=1S/C20H19N3O7S/c1-3-29-19(25)11-22-16-9-4-13(23(26)27)10-17(16)31-20(22)21-18(24)12-30-15-7-5-14(28-2)6-8-15/h4-10H,3,11-12H2,1-2H3. The van der Waals surface area contributed by atoms with Gasteiger partial charge in [-0.25, -0.2) is 0 Å². The molecule has 1 heterocycles. The number of carbonyl (C=O) groups is 2. The Kier molecular flexibility index (Phi) is 6.98.